The smallest absolute Gasteiger partial charge is 0.358 e. The summed E-state index contributed by atoms with van der Waals surface area (Å²) in [7, 11) is 1.24. The third kappa shape index (κ3) is 4.12. The molecule has 2 amide bonds. The molecule has 1 aliphatic carbocycles. The van der Waals surface area contributed by atoms with E-state index in [2.05, 4.69) is 17.3 Å². The van der Waals surface area contributed by atoms with Gasteiger partial charge < -0.3 is 10.1 Å². The number of benzene rings is 1. The lowest BCUT2D eigenvalue weighted by molar-refractivity contribution is -0.127. The quantitative estimate of drug-likeness (QED) is 0.713. The van der Waals surface area contributed by atoms with Gasteiger partial charge in [0, 0.05) is 17.8 Å². The topological polar surface area (TPSA) is 93.5 Å². The van der Waals surface area contributed by atoms with E-state index >= 15 is 0 Å². The lowest BCUT2D eigenvalue weighted by Crippen LogP contribution is -2.65. The van der Waals surface area contributed by atoms with E-state index in [9.17, 15) is 18.8 Å². The van der Waals surface area contributed by atoms with Crippen LogP contribution in [0.15, 0.2) is 24.3 Å². The number of ether oxygens (including phenoxy) is 1. The monoisotopic (exact) mass is 456 g/mol. The number of aryl methyl sites for hydroxylation is 1. The fourth-order valence-corrected chi connectivity index (χ4v) is 4.78. The number of carbonyl (C=O) groups excluding carboxylic acids is 3. The van der Waals surface area contributed by atoms with Gasteiger partial charge in [-0.3, -0.25) is 19.2 Å². The van der Waals surface area contributed by atoms with Crippen molar-refractivity contribution in [3.63, 3.8) is 0 Å². The van der Waals surface area contributed by atoms with Crippen LogP contribution in [0.2, 0.25) is 0 Å². The molecule has 8 nitrogen and oxygen atoms in total. The molecule has 176 valence electrons. The van der Waals surface area contributed by atoms with Crippen LogP contribution >= 0.6 is 0 Å². The van der Waals surface area contributed by atoms with Gasteiger partial charge in [-0.15, -0.1) is 0 Å². The standard InChI is InChI=1S/C24H29FN4O4/c1-14-5-8-17(9-6-14)26-23(32)24(3)13-28-20(12-18(27-28)22(31)33-4)21(30)29(24)19-10-7-16(25)11-15(19)2/h7,10-12,14,17H,5-6,8-9,13H2,1-4H3,(H,26,32). The molecule has 1 N–H and O–H groups in total. The van der Waals surface area contributed by atoms with Crippen LogP contribution in [-0.2, 0) is 16.1 Å². The van der Waals surface area contributed by atoms with E-state index < -0.39 is 23.2 Å². The average Bonchev–Trinajstić information content (AvgIpc) is 3.20. The van der Waals surface area contributed by atoms with Crippen LogP contribution in [0.4, 0.5) is 10.1 Å². The highest BCUT2D eigenvalue weighted by atomic mass is 19.1. The van der Waals surface area contributed by atoms with Crippen LogP contribution in [0.1, 0.15) is 66.1 Å². The van der Waals surface area contributed by atoms with Gasteiger partial charge in [-0.2, -0.15) is 5.10 Å². The first kappa shape index (κ1) is 22.9. The van der Waals surface area contributed by atoms with Crippen molar-refractivity contribution in [1.29, 1.82) is 0 Å². The molecule has 4 rings (SSSR count). The van der Waals surface area contributed by atoms with Crippen molar-refractivity contribution >= 4 is 23.5 Å². The Bertz CT molecular complexity index is 1110. The normalized spacial score (nSPS) is 24.9. The molecule has 0 radical (unpaired) electrons. The molecule has 1 aromatic heterocycles. The maximum atomic E-state index is 13.8. The highest BCUT2D eigenvalue weighted by molar-refractivity contribution is 6.12. The summed E-state index contributed by atoms with van der Waals surface area (Å²) in [5, 5.41) is 7.36. The first-order chi connectivity index (χ1) is 15.6. The lowest BCUT2D eigenvalue weighted by Gasteiger charge is -2.44. The maximum absolute atomic E-state index is 13.8. The Kier molecular flexibility index (Phi) is 5.99. The summed E-state index contributed by atoms with van der Waals surface area (Å²) < 4.78 is 19.9. The molecular formula is C24H29FN4O4. The number of halogens is 1. The van der Waals surface area contributed by atoms with Crippen LogP contribution < -0.4 is 10.2 Å². The van der Waals surface area contributed by atoms with E-state index in [4.69, 9.17) is 4.74 Å². The first-order valence-corrected chi connectivity index (χ1v) is 11.2. The molecule has 9 heteroatoms. The number of carbonyl (C=O) groups is 3. The number of methoxy groups -OCH3 is 1. The Balaban J connectivity index is 1.76. The lowest BCUT2D eigenvalue weighted by atomic mass is 9.86. The molecule has 2 aliphatic rings. The number of hydrogen-bond donors (Lipinski definition) is 1. The Morgan fingerprint density at radius 3 is 2.55 bits per heavy atom. The molecule has 0 bridgehead atoms. The van der Waals surface area contributed by atoms with Crippen molar-refractivity contribution in [2.24, 2.45) is 5.92 Å². The van der Waals surface area contributed by atoms with E-state index in [-0.39, 0.29) is 29.9 Å². The summed E-state index contributed by atoms with van der Waals surface area (Å²) in [5.74, 6) is -1.27. The van der Waals surface area contributed by atoms with Crippen molar-refractivity contribution in [3.05, 3.63) is 47.0 Å². The Morgan fingerprint density at radius 1 is 1.21 bits per heavy atom. The first-order valence-electron chi connectivity index (χ1n) is 11.2. The van der Waals surface area contributed by atoms with Gasteiger partial charge in [0.05, 0.1) is 13.7 Å². The number of fused-ring (bicyclic) bond motifs is 1. The largest absolute Gasteiger partial charge is 0.464 e. The van der Waals surface area contributed by atoms with E-state index in [0.29, 0.717) is 17.2 Å². The van der Waals surface area contributed by atoms with Crippen LogP contribution in [-0.4, -0.2) is 46.3 Å². The van der Waals surface area contributed by atoms with Crippen molar-refractivity contribution in [2.75, 3.05) is 12.0 Å². The second-order valence-electron chi connectivity index (χ2n) is 9.34. The second kappa shape index (κ2) is 8.61. The van der Waals surface area contributed by atoms with Gasteiger partial charge >= 0.3 is 5.97 Å². The summed E-state index contributed by atoms with van der Waals surface area (Å²) in [4.78, 5) is 40.8. The second-order valence-corrected chi connectivity index (χ2v) is 9.34. The minimum atomic E-state index is -1.34. The zero-order valence-corrected chi connectivity index (χ0v) is 19.4. The van der Waals surface area contributed by atoms with Gasteiger partial charge in [0.15, 0.2) is 5.69 Å². The van der Waals surface area contributed by atoms with E-state index in [0.717, 1.165) is 25.7 Å². The van der Waals surface area contributed by atoms with Gasteiger partial charge in [-0.1, -0.05) is 6.92 Å². The number of nitrogens with one attached hydrogen (secondary N) is 1. The third-order valence-electron chi connectivity index (χ3n) is 6.79. The summed E-state index contributed by atoms with van der Waals surface area (Å²) >= 11 is 0. The fraction of sp³-hybridized carbons (Fsp3) is 0.500. The molecule has 1 atom stereocenters. The molecule has 0 saturated heterocycles. The van der Waals surface area contributed by atoms with Crippen LogP contribution in [0, 0.1) is 18.7 Å². The van der Waals surface area contributed by atoms with E-state index in [1.54, 1.807) is 13.8 Å². The number of hydrogen-bond acceptors (Lipinski definition) is 5. The Morgan fingerprint density at radius 2 is 1.91 bits per heavy atom. The zero-order chi connectivity index (χ0) is 23.9. The molecule has 0 spiro atoms. The maximum Gasteiger partial charge on any atom is 0.358 e. The van der Waals surface area contributed by atoms with Crippen LogP contribution in [0.5, 0.6) is 0 Å². The SMILES string of the molecule is COC(=O)c1cc2n(n1)CC(C)(C(=O)NC1CCC(C)CC1)N(c1ccc(F)cc1C)C2=O. The van der Waals surface area contributed by atoms with Crippen LogP contribution in [0.3, 0.4) is 0 Å². The summed E-state index contributed by atoms with van der Waals surface area (Å²) in [6, 6.07) is 5.49. The number of amides is 2. The average molecular weight is 457 g/mol. The van der Waals surface area contributed by atoms with Crippen molar-refractivity contribution in [1.82, 2.24) is 15.1 Å². The van der Waals surface area contributed by atoms with Crippen molar-refractivity contribution in [2.45, 2.75) is 64.6 Å². The van der Waals surface area contributed by atoms with E-state index in [1.807, 2.05) is 0 Å². The number of rotatable bonds is 4. The molecular weight excluding hydrogens is 427 g/mol. The molecule has 2 aromatic rings. The highest BCUT2D eigenvalue weighted by Crippen LogP contribution is 2.35. The summed E-state index contributed by atoms with van der Waals surface area (Å²) in [5.41, 5.74) is -0.230. The molecule has 1 fully saturated rings. The van der Waals surface area contributed by atoms with Crippen molar-refractivity contribution in [3.8, 4) is 0 Å². The fourth-order valence-electron chi connectivity index (χ4n) is 4.78. The van der Waals surface area contributed by atoms with Crippen molar-refractivity contribution < 1.29 is 23.5 Å². The predicted molar refractivity (Wildman–Crippen MR) is 119 cm³/mol. The number of aromatic nitrogens is 2. The molecule has 1 saturated carbocycles. The minimum Gasteiger partial charge on any atom is -0.464 e. The van der Waals surface area contributed by atoms with Gasteiger partial charge in [-0.05, 0) is 69.2 Å². The zero-order valence-electron chi connectivity index (χ0n) is 19.4. The van der Waals surface area contributed by atoms with Gasteiger partial charge in [0.1, 0.15) is 17.1 Å². The minimum absolute atomic E-state index is 0.0115. The molecule has 2 heterocycles. The highest BCUT2D eigenvalue weighted by Gasteiger charge is 2.50. The number of esters is 1. The molecule has 1 unspecified atom stereocenters. The number of nitrogens with zero attached hydrogens (tertiary/aromatic N) is 3. The van der Waals surface area contributed by atoms with E-state index in [1.165, 1.54) is 41.0 Å². The van der Waals surface area contributed by atoms with Gasteiger partial charge in [0.2, 0.25) is 5.91 Å². The van der Waals surface area contributed by atoms with Gasteiger partial charge in [-0.25, -0.2) is 9.18 Å². The predicted octanol–water partition coefficient (Wildman–Crippen LogP) is 3.23. The number of anilines is 1. The third-order valence-corrected chi connectivity index (χ3v) is 6.79. The molecule has 33 heavy (non-hydrogen) atoms. The molecule has 1 aromatic carbocycles. The van der Waals surface area contributed by atoms with Crippen LogP contribution in [0.25, 0.3) is 0 Å². The van der Waals surface area contributed by atoms with Gasteiger partial charge in [0.25, 0.3) is 5.91 Å². The summed E-state index contributed by atoms with van der Waals surface area (Å²) in [6.07, 6.45) is 3.83. The Hall–Kier alpha value is -3.23. The molecule has 1 aliphatic heterocycles. The summed E-state index contributed by atoms with van der Waals surface area (Å²) in [6.45, 7) is 5.61. The Labute approximate surface area is 192 Å².